The van der Waals surface area contributed by atoms with E-state index < -0.39 is 0 Å². The highest BCUT2D eigenvalue weighted by Gasteiger charge is 2.13. The Morgan fingerprint density at radius 3 is 2.86 bits per heavy atom. The molecule has 1 aliphatic carbocycles. The minimum Gasteiger partial charge on any atom is -0.385 e. The number of hydrogen-bond acceptors (Lipinski definition) is 3. The SMILES string of the molecule is c1ccc(NCC2CCCCC2)c(CSc2ncc[nH]2)c1. The fourth-order valence-corrected chi connectivity index (χ4v) is 3.77. The minimum absolute atomic E-state index is 0.851. The molecular weight excluding hydrogens is 278 g/mol. The lowest BCUT2D eigenvalue weighted by Crippen LogP contribution is -2.17. The van der Waals surface area contributed by atoms with E-state index in [1.165, 1.54) is 43.4 Å². The molecule has 2 aromatic rings. The van der Waals surface area contributed by atoms with Gasteiger partial charge >= 0.3 is 0 Å². The molecule has 21 heavy (non-hydrogen) atoms. The third-order valence-corrected chi connectivity index (χ3v) is 5.11. The fourth-order valence-electron chi connectivity index (χ4n) is 2.94. The summed E-state index contributed by atoms with van der Waals surface area (Å²) in [5.74, 6) is 1.80. The monoisotopic (exact) mass is 301 g/mol. The molecule has 0 saturated heterocycles. The van der Waals surface area contributed by atoms with Crippen LogP contribution in [0.3, 0.4) is 0 Å². The van der Waals surface area contributed by atoms with Gasteiger partial charge < -0.3 is 10.3 Å². The number of hydrogen-bond donors (Lipinski definition) is 2. The van der Waals surface area contributed by atoms with Gasteiger partial charge in [-0.1, -0.05) is 49.2 Å². The first-order chi connectivity index (χ1) is 10.4. The van der Waals surface area contributed by atoms with Crippen molar-refractivity contribution >= 4 is 17.4 Å². The summed E-state index contributed by atoms with van der Waals surface area (Å²) >= 11 is 1.75. The van der Waals surface area contributed by atoms with Crippen molar-refractivity contribution in [2.75, 3.05) is 11.9 Å². The summed E-state index contributed by atoms with van der Waals surface area (Å²) in [6.45, 7) is 1.11. The summed E-state index contributed by atoms with van der Waals surface area (Å²) < 4.78 is 0. The van der Waals surface area contributed by atoms with Gasteiger partial charge in [0.25, 0.3) is 0 Å². The highest BCUT2D eigenvalue weighted by atomic mass is 32.2. The standard InChI is InChI=1S/C17H23N3S/c1-2-6-14(7-3-1)12-20-16-9-5-4-8-15(16)13-21-17-18-10-11-19-17/h4-5,8-11,14,20H,1-3,6-7,12-13H2,(H,18,19). The zero-order valence-corrected chi connectivity index (χ0v) is 13.2. The zero-order chi connectivity index (χ0) is 14.3. The van der Waals surface area contributed by atoms with Crippen LogP contribution in [0.4, 0.5) is 5.69 Å². The van der Waals surface area contributed by atoms with Crippen molar-refractivity contribution in [3.05, 3.63) is 42.2 Å². The molecule has 0 bridgehead atoms. The predicted molar refractivity (Wildman–Crippen MR) is 89.7 cm³/mol. The Bertz CT molecular complexity index is 533. The van der Waals surface area contributed by atoms with Gasteiger partial charge in [-0.05, 0) is 30.4 Å². The lowest BCUT2D eigenvalue weighted by Gasteiger charge is -2.23. The molecular formula is C17H23N3S. The van der Waals surface area contributed by atoms with Crippen LogP contribution in [0.2, 0.25) is 0 Å². The van der Waals surface area contributed by atoms with E-state index in [1.54, 1.807) is 18.0 Å². The average molecular weight is 301 g/mol. The molecule has 1 fully saturated rings. The van der Waals surface area contributed by atoms with Crippen molar-refractivity contribution in [3.63, 3.8) is 0 Å². The third-order valence-electron chi connectivity index (χ3n) is 4.16. The second-order valence-corrected chi connectivity index (χ2v) is 6.69. The van der Waals surface area contributed by atoms with Crippen LogP contribution in [0.15, 0.2) is 41.8 Å². The van der Waals surface area contributed by atoms with Crippen LogP contribution in [-0.4, -0.2) is 16.5 Å². The molecule has 2 N–H and O–H groups in total. The smallest absolute Gasteiger partial charge is 0.165 e. The molecule has 0 aliphatic heterocycles. The molecule has 112 valence electrons. The van der Waals surface area contributed by atoms with Crippen LogP contribution in [0, 0.1) is 5.92 Å². The van der Waals surface area contributed by atoms with Crippen LogP contribution < -0.4 is 5.32 Å². The van der Waals surface area contributed by atoms with Crippen LogP contribution in [-0.2, 0) is 5.75 Å². The van der Waals surface area contributed by atoms with Crippen molar-refractivity contribution < 1.29 is 0 Å². The highest BCUT2D eigenvalue weighted by molar-refractivity contribution is 7.98. The number of para-hydroxylation sites is 1. The Kier molecular flexibility index (Phi) is 5.22. The number of benzene rings is 1. The van der Waals surface area contributed by atoms with Gasteiger partial charge in [-0.2, -0.15) is 0 Å². The molecule has 3 nitrogen and oxygen atoms in total. The van der Waals surface area contributed by atoms with Gasteiger partial charge in [0.15, 0.2) is 5.16 Å². The lowest BCUT2D eigenvalue weighted by atomic mass is 9.89. The van der Waals surface area contributed by atoms with Crippen molar-refractivity contribution in [2.24, 2.45) is 5.92 Å². The van der Waals surface area contributed by atoms with Crippen LogP contribution in [0.25, 0.3) is 0 Å². The van der Waals surface area contributed by atoms with Gasteiger partial charge in [0.05, 0.1) is 0 Å². The van der Waals surface area contributed by atoms with E-state index in [2.05, 4.69) is 39.6 Å². The van der Waals surface area contributed by atoms with Crippen LogP contribution in [0.1, 0.15) is 37.7 Å². The summed E-state index contributed by atoms with van der Waals surface area (Å²) in [5.41, 5.74) is 2.64. The maximum Gasteiger partial charge on any atom is 0.165 e. The first-order valence-electron chi connectivity index (χ1n) is 7.86. The Balaban J connectivity index is 1.56. The molecule has 1 aromatic carbocycles. The van der Waals surface area contributed by atoms with Gasteiger partial charge in [0.2, 0.25) is 0 Å². The summed E-state index contributed by atoms with van der Waals surface area (Å²) in [6, 6.07) is 8.63. The number of aromatic amines is 1. The van der Waals surface area contributed by atoms with Gasteiger partial charge in [0.1, 0.15) is 0 Å². The molecule has 1 aromatic heterocycles. The van der Waals surface area contributed by atoms with E-state index in [9.17, 15) is 0 Å². The number of aromatic nitrogens is 2. The largest absolute Gasteiger partial charge is 0.385 e. The van der Waals surface area contributed by atoms with Gasteiger partial charge in [-0.15, -0.1) is 0 Å². The van der Waals surface area contributed by atoms with Gasteiger partial charge in [0, 0.05) is 30.4 Å². The summed E-state index contributed by atoms with van der Waals surface area (Å²) in [5, 5.41) is 4.65. The predicted octanol–water partition coefficient (Wildman–Crippen LogP) is 4.69. The highest BCUT2D eigenvalue weighted by Crippen LogP contribution is 2.27. The zero-order valence-electron chi connectivity index (χ0n) is 12.3. The molecule has 0 atom stereocenters. The Morgan fingerprint density at radius 1 is 1.19 bits per heavy atom. The first-order valence-corrected chi connectivity index (χ1v) is 8.84. The second-order valence-electron chi connectivity index (χ2n) is 5.73. The Morgan fingerprint density at radius 2 is 2.05 bits per heavy atom. The fraction of sp³-hybridized carbons (Fsp3) is 0.471. The van der Waals surface area contributed by atoms with Crippen molar-refractivity contribution in [3.8, 4) is 0 Å². The van der Waals surface area contributed by atoms with Gasteiger partial charge in [-0.25, -0.2) is 4.98 Å². The molecule has 1 heterocycles. The van der Waals surface area contributed by atoms with Crippen molar-refractivity contribution in [2.45, 2.75) is 43.0 Å². The van der Waals surface area contributed by atoms with Gasteiger partial charge in [-0.3, -0.25) is 0 Å². The number of imidazole rings is 1. The van der Waals surface area contributed by atoms with E-state index in [4.69, 9.17) is 0 Å². The first kappa shape index (κ1) is 14.5. The summed E-state index contributed by atoms with van der Waals surface area (Å²) in [6.07, 6.45) is 10.7. The Labute approximate surface area is 131 Å². The molecule has 3 rings (SSSR count). The molecule has 0 amide bonds. The quantitative estimate of drug-likeness (QED) is 0.760. The second kappa shape index (κ2) is 7.55. The van der Waals surface area contributed by atoms with E-state index in [1.807, 2.05) is 6.20 Å². The topological polar surface area (TPSA) is 40.7 Å². The number of anilines is 1. The average Bonchev–Trinajstić information content (AvgIpc) is 3.06. The number of nitrogens with zero attached hydrogens (tertiary/aromatic N) is 1. The number of nitrogens with one attached hydrogen (secondary N) is 2. The molecule has 4 heteroatoms. The summed E-state index contributed by atoms with van der Waals surface area (Å²) in [4.78, 5) is 7.41. The van der Waals surface area contributed by atoms with Crippen molar-refractivity contribution in [1.29, 1.82) is 0 Å². The molecule has 0 unspecified atom stereocenters. The van der Waals surface area contributed by atoms with E-state index in [0.29, 0.717) is 0 Å². The number of rotatable bonds is 6. The molecule has 1 aliphatic rings. The maximum absolute atomic E-state index is 4.27. The third kappa shape index (κ3) is 4.27. The number of thioether (sulfide) groups is 1. The molecule has 0 radical (unpaired) electrons. The molecule has 0 spiro atoms. The van der Waals surface area contributed by atoms with Crippen LogP contribution in [0.5, 0.6) is 0 Å². The van der Waals surface area contributed by atoms with E-state index in [0.717, 1.165) is 23.4 Å². The van der Waals surface area contributed by atoms with E-state index >= 15 is 0 Å². The van der Waals surface area contributed by atoms with Crippen LogP contribution >= 0.6 is 11.8 Å². The summed E-state index contributed by atoms with van der Waals surface area (Å²) in [7, 11) is 0. The maximum atomic E-state index is 4.27. The lowest BCUT2D eigenvalue weighted by molar-refractivity contribution is 0.373. The number of H-pyrrole nitrogens is 1. The van der Waals surface area contributed by atoms with Crippen molar-refractivity contribution in [1.82, 2.24) is 9.97 Å². The minimum atomic E-state index is 0.851. The Hall–Kier alpha value is -1.42. The normalized spacial score (nSPS) is 16.0. The molecule has 1 saturated carbocycles. The van der Waals surface area contributed by atoms with E-state index in [-0.39, 0.29) is 0 Å².